The number of primary amides is 1. The van der Waals surface area contributed by atoms with Gasteiger partial charge in [-0.25, -0.2) is 4.39 Å². The van der Waals surface area contributed by atoms with E-state index in [-0.39, 0.29) is 16.9 Å². The number of hydrogen-bond acceptors (Lipinski definition) is 7. The number of benzene rings is 2. The summed E-state index contributed by atoms with van der Waals surface area (Å²) in [5.41, 5.74) is 3.66. The van der Waals surface area contributed by atoms with Gasteiger partial charge in [0, 0.05) is 11.9 Å². The van der Waals surface area contributed by atoms with Crippen molar-refractivity contribution in [1.29, 1.82) is 0 Å². The number of halogens is 8. The van der Waals surface area contributed by atoms with Crippen molar-refractivity contribution in [3.8, 4) is 28.7 Å². The first-order valence-corrected chi connectivity index (χ1v) is 10.5. The summed E-state index contributed by atoms with van der Waals surface area (Å²) in [6.45, 7) is 1.41. The topological polar surface area (TPSA) is 122 Å². The highest BCUT2D eigenvalue weighted by atomic mass is 19.4. The van der Waals surface area contributed by atoms with Gasteiger partial charge in [0.25, 0.3) is 11.8 Å². The van der Waals surface area contributed by atoms with Crippen LogP contribution in [0.1, 0.15) is 26.4 Å². The normalized spacial score (nSPS) is 11.6. The van der Waals surface area contributed by atoms with Crippen LogP contribution in [0.25, 0.3) is 0 Å². The molecule has 9 nitrogen and oxygen atoms in total. The zero-order chi connectivity index (χ0) is 30.0. The highest BCUT2D eigenvalue weighted by Crippen LogP contribution is 2.42. The summed E-state index contributed by atoms with van der Waals surface area (Å²) in [6, 6.07) is 3.26. The van der Waals surface area contributed by atoms with Crippen molar-refractivity contribution >= 4 is 17.5 Å². The van der Waals surface area contributed by atoms with Crippen LogP contribution in [0, 0.1) is 18.6 Å². The molecule has 1 aromatic heterocycles. The maximum atomic E-state index is 15.2. The van der Waals surface area contributed by atoms with E-state index in [1.807, 2.05) is 0 Å². The van der Waals surface area contributed by atoms with Gasteiger partial charge in [-0.2, -0.15) is 4.39 Å². The number of carbonyl (C=O) groups is 2. The second-order valence-corrected chi connectivity index (χ2v) is 7.56. The summed E-state index contributed by atoms with van der Waals surface area (Å²) in [4.78, 5) is 28.2. The number of pyridine rings is 1. The molecule has 0 unspecified atom stereocenters. The SMILES string of the molecule is COc1c(Oc2ccc(OC(F)(F)F)c(F)c2C(=O)Nc2cc(C(N)=O)ncc2C)ccc(OC(F)(F)F)c1F. The van der Waals surface area contributed by atoms with Crippen LogP contribution in [0.3, 0.4) is 0 Å². The van der Waals surface area contributed by atoms with E-state index in [1.54, 1.807) is 0 Å². The van der Waals surface area contributed by atoms with Crippen LogP contribution in [0.2, 0.25) is 0 Å². The lowest BCUT2D eigenvalue weighted by molar-refractivity contribution is -0.276. The summed E-state index contributed by atoms with van der Waals surface area (Å²) in [5.74, 6) is -11.4. The van der Waals surface area contributed by atoms with Crippen LogP contribution in [0.4, 0.5) is 40.8 Å². The molecular weight excluding hydrogens is 566 g/mol. The fourth-order valence-corrected chi connectivity index (χ4v) is 3.13. The molecule has 0 fully saturated rings. The average Bonchev–Trinajstić information content (AvgIpc) is 2.82. The monoisotopic (exact) mass is 581 g/mol. The first kappa shape index (κ1) is 29.7. The molecule has 0 saturated carbocycles. The molecule has 3 aromatic rings. The molecule has 0 bridgehead atoms. The summed E-state index contributed by atoms with van der Waals surface area (Å²) in [5, 5.41) is 2.16. The van der Waals surface area contributed by atoms with E-state index in [0.717, 1.165) is 19.4 Å². The van der Waals surface area contributed by atoms with Gasteiger partial charge in [0.2, 0.25) is 11.6 Å². The van der Waals surface area contributed by atoms with Gasteiger partial charge in [-0.05, 0) is 42.8 Å². The first-order valence-electron chi connectivity index (χ1n) is 10.5. The van der Waals surface area contributed by atoms with Gasteiger partial charge in [0.1, 0.15) is 17.0 Å². The van der Waals surface area contributed by atoms with E-state index < -0.39 is 70.5 Å². The Labute approximate surface area is 218 Å². The van der Waals surface area contributed by atoms with Crippen molar-refractivity contribution in [3.63, 3.8) is 0 Å². The Morgan fingerprint density at radius 1 is 0.875 bits per heavy atom. The number of alkyl halides is 6. The Hall–Kier alpha value is -4.83. The molecule has 214 valence electrons. The Morgan fingerprint density at radius 3 is 1.93 bits per heavy atom. The number of carbonyl (C=O) groups excluding carboxylic acids is 2. The minimum atomic E-state index is -5.38. The summed E-state index contributed by atoms with van der Waals surface area (Å²) >= 11 is 0. The highest BCUT2D eigenvalue weighted by molar-refractivity contribution is 6.07. The molecule has 0 atom stereocenters. The van der Waals surface area contributed by atoms with Crippen LogP contribution >= 0.6 is 0 Å². The highest BCUT2D eigenvalue weighted by Gasteiger charge is 2.36. The molecule has 3 rings (SSSR count). The van der Waals surface area contributed by atoms with Crippen LogP contribution in [-0.2, 0) is 0 Å². The molecule has 40 heavy (non-hydrogen) atoms. The molecule has 0 spiro atoms. The van der Waals surface area contributed by atoms with E-state index in [1.165, 1.54) is 6.92 Å². The third kappa shape index (κ3) is 6.97. The van der Waals surface area contributed by atoms with E-state index in [0.29, 0.717) is 24.3 Å². The number of aryl methyl sites for hydroxylation is 1. The number of anilines is 1. The Bertz CT molecular complexity index is 1460. The Kier molecular flexibility index (Phi) is 8.26. The van der Waals surface area contributed by atoms with Crippen molar-refractivity contribution in [3.05, 3.63) is 65.0 Å². The molecule has 17 heteroatoms. The molecule has 1 heterocycles. The predicted molar refractivity (Wildman–Crippen MR) is 118 cm³/mol. The molecule has 2 aromatic carbocycles. The molecule has 0 radical (unpaired) electrons. The summed E-state index contributed by atoms with van der Waals surface area (Å²) in [7, 11) is 0.833. The number of nitrogens with two attached hydrogens (primary N) is 1. The fraction of sp³-hybridized carbons (Fsp3) is 0.174. The maximum absolute atomic E-state index is 15.2. The molecule has 0 saturated heterocycles. The van der Waals surface area contributed by atoms with Crippen molar-refractivity contribution in [2.75, 3.05) is 12.4 Å². The third-order valence-electron chi connectivity index (χ3n) is 4.80. The van der Waals surface area contributed by atoms with E-state index in [2.05, 4.69) is 19.8 Å². The van der Waals surface area contributed by atoms with E-state index in [9.17, 15) is 40.3 Å². The largest absolute Gasteiger partial charge is 0.573 e. The quantitative estimate of drug-likeness (QED) is 0.332. The van der Waals surface area contributed by atoms with Gasteiger partial charge < -0.3 is 30.0 Å². The Morgan fingerprint density at radius 2 is 1.40 bits per heavy atom. The van der Waals surface area contributed by atoms with Gasteiger partial charge in [-0.3, -0.25) is 14.6 Å². The number of nitrogens with one attached hydrogen (secondary N) is 1. The van der Waals surface area contributed by atoms with Crippen LogP contribution < -0.4 is 30.0 Å². The molecule has 0 aliphatic carbocycles. The van der Waals surface area contributed by atoms with Crippen molar-refractivity contribution in [2.45, 2.75) is 19.6 Å². The second kappa shape index (κ2) is 11.1. The van der Waals surface area contributed by atoms with Crippen LogP contribution in [-0.4, -0.2) is 36.6 Å². The molecule has 3 N–H and O–H groups in total. The number of hydrogen-bond donors (Lipinski definition) is 2. The van der Waals surface area contributed by atoms with Gasteiger partial charge in [0.05, 0.1) is 7.11 Å². The van der Waals surface area contributed by atoms with Crippen molar-refractivity contribution in [2.24, 2.45) is 5.73 Å². The lowest BCUT2D eigenvalue weighted by atomic mass is 10.1. The van der Waals surface area contributed by atoms with Gasteiger partial charge in [-0.1, -0.05) is 0 Å². The number of rotatable bonds is 8. The fourth-order valence-electron chi connectivity index (χ4n) is 3.13. The predicted octanol–water partition coefficient (Wildman–Crippen LogP) is 5.62. The van der Waals surface area contributed by atoms with Crippen molar-refractivity contribution in [1.82, 2.24) is 4.98 Å². The Balaban J connectivity index is 2.11. The van der Waals surface area contributed by atoms with Gasteiger partial charge >= 0.3 is 12.7 Å². The number of amides is 2. The number of aromatic nitrogens is 1. The zero-order valence-corrected chi connectivity index (χ0v) is 20.0. The minimum Gasteiger partial charge on any atom is -0.490 e. The standard InChI is InChI=1S/C23H15F8N3O6/c1-9-8-33-11(20(32)35)7-10(9)34-21(36)16-12(3-4-13(17(16)24)39-22(26,27)28)38-15-6-5-14(40-23(29,30)31)18(25)19(15)37-2/h3-8H,1-2H3,(H2,32,35)(H,33,34,36). The lowest BCUT2D eigenvalue weighted by Gasteiger charge is -2.18. The van der Waals surface area contributed by atoms with Gasteiger partial charge in [-0.15, -0.1) is 26.3 Å². The molecule has 0 aliphatic heterocycles. The smallest absolute Gasteiger partial charge is 0.490 e. The minimum absolute atomic E-state index is 0.154. The lowest BCUT2D eigenvalue weighted by Crippen LogP contribution is -2.21. The maximum Gasteiger partial charge on any atom is 0.573 e. The molecular formula is C23H15F8N3O6. The zero-order valence-electron chi connectivity index (χ0n) is 20.0. The van der Waals surface area contributed by atoms with Crippen LogP contribution in [0.5, 0.6) is 28.7 Å². The van der Waals surface area contributed by atoms with Crippen LogP contribution in [0.15, 0.2) is 36.5 Å². The average molecular weight is 581 g/mol. The van der Waals surface area contributed by atoms with Crippen molar-refractivity contribution < 1.29 is 63.7 Å². The first-order chi connectivity index (χ1) is 18.5. The molecule has 2 amide bonds. The number of ether oxygens (including phenoxy) is 4. The second-order valence-electron chi connectivity index (χ2n) is 7.56. The number of methoxy groups -OCH3 is 1. The van der Waals surface area contributed by atoms with E-state index >= 15 is 4.39 Å². The summed E-state index contributed by atoms with van der Waals surface area (Å²) in [6.07, 6.45) is -9.54. The van der Waals surface area contributed by atoms with E-state index in [4.69, 9.17) is 15.2 Å². The molecule has 0 aliphatic rings. The third-order valence-corrected chi connectivity index (χ3v) is 4.80. The van der Waals surface area contributed by atoms with Gasteiger partial charge in [0.15, 0.2) is 23.1 Å². The summed E-state index contributed by atoms with van der Waals surface area (Å²) < 4.78 is 123. The number of nitrogens with zero attached hydrogens (tertiary/aromatic N) is 1.